The number of hydrogen-bond donors (Lipinski definition) is 2. The molecule has 0 aliphatic heterocycles. The Bertz CT molecular complexity index is 649. The maximum absolute atomic E-state index is 10.5. The molecule has 0 saturated heterocycles. The van der Waals surface area contributed by atoms with Gasteiger partial charge in [0, 0.05) is 16.7 Å². The summed E-state index contributed by atoms with van der Waals surface area (Å²) in [6.45, 7) is 0.442. The number of aromatic nitrogens is 2. The summed E-state index contributed by atoms with van der Waals surface area (Å²) in [5.41, 5.74) is 0.702. The molecule has 0 bridgehead atoms. The number of halogens is 2. The molecule has 2 rings (SSSR count). The third kappa shape index (κ3) is 4.42. The number of aliphatic hydroxyl groups excluding tert-OH is 1. The summed E-state index contributed by atoms with van der Waals surface area (Å²) in [5.74, 6) is 0. The minimum Gasteiger partial charge on any atom is -0.389 e. The van der Waals surface area contributed by atoms with Crippen LogP contribution in [0.25, 0.3) is 0 Å². The molecule has 112 valence electrons. The zero-order chi connectivity index (χ0) is 15.4. The molecule has 1 unspecified atom stereocenters. The summed E-state index contributed by atoms with van der Waals surface area (Å²) in [7, 11) is 0. The van der Waals surface area contributed by atoms with Crippen molar-refractivity contribution < 1.29 is 10.0 Å². The number of anilines is 1. The van der Waals surface area contributed by atoms with Crippen LogP contribution in [0.2, 0.25) is 5.02 Å². The molecule has 2 aromatic rings. The molecule has 7 nitrogen and oxygen atoms in total. The zero-order valence-corrected chi connectivity index (χ0v) is 13.1. The number of nitro groups is 1. The fourth-order valence-corrected chi connectivity index (χ4v) is 2.17. The minimum absolute atomic E-state index is 0.100. The van der Waals surface area contributed by atoms with Crippen LogP contribution in [-0.4, -0.2) is 32.5 Å². The molecule has 0 spiro atoms. The van der Waals surface area contributed by atoms with Crippen LogP contribution in [0.15, 0.2) is 35.1 Å². The van der Waals surface area contributed by atoms with Crippen LogP contribution in [0.3, 0.4) is 0 Å². The third-order valence-corrected chi connectivity index (χ3v) is 3.90. The van der Waals surface area contributed by atoms with E-state index >= 15 is 0 Å². The monoisotopic (exact) mass is 374 g/mol. The Kier molecular flexibility index (Phi) is 5.16. The summed E-state index contributed by atoms with van der Waals surface area (Å²) in [4.78, 5) is 10.0. The van der Waals surface area contributed by atoms with E-state index in [1.54, 1.807) is 18.2 Å². The smallest absolute Gasteiger partial charge is 0.306 e. The van der Waals surface area contributed by atoms with Crippen LogP contribution >= 0.6 is 27.5 Å². The van der Waals surface area contributed by atoms with Gasteiger partial charge in [-0.15, -0.1) is 0 Å². The van der Waals surface area contributed by atoms with E-state index in [2.05, 4.69) is 26.3 Å². The van der Waals surface area contributed by atoms with Gasteiger partial charge in [0.2, 0.25) is 0 Å². The van der Waals surface area contributed by atoms with Crippen molar-refractivity contribution in [2.24, 2.45) is 0 Å². The number of hydrogen-bond acceptors (Lipinski definition) is 5. The van der Waals surface area contributed by atoms with E-state index in [9.17, 15) is 15.2 Å². The predicted molar refractivity (Wildman–Crippen MR) is 82.5 cm³/mol. The van der Waals surface area contributed by atoms with E-state index < -0.39 is 11.0 Å². The Labute approximate surface area is 133 Å². The Balaban J connectivity index is 1.87. The largest absolute Gasteiger partial charge is 0.389 e. The molecule has 1 atom stereocenters. The fourth-order valence-electron chi connectivity index (χ4n) is 1.67. The van der Waals surface area contributed by atoms with Crippen molar-refractivity contribution in [1.29, 1.82) is 0 Å². The van der Waals surface area contributed by atoms with Gasteiger partial charge in [-0.1, -0.05) is 11.6 Å². The van der Waals surface area contributed by atoms with Crippen LogP contribution in [0.4, 0.5) is 11.4 Å². The summed E-state index contributed by atoms with van der Waals surface area (Å²) in [6.07, 6.45) is 1.69. The predicted octanol–water partition coefficient (Wildman–Crippen LogP) is 2.68. The maximum atomic E-state index is 10.5. The van der Waals surface area contributed by atoms with Gasteiger partial charge < -0.3 is 10.4 Å². The number of nitrogens with zero attached hydrogens (tertiary/aromatic N) is 3. The molecule has 0 fully saturated rings. The number of rotatable bonds is 6. The first-order valence-electron chi connectivity index (χ1n) is 5.99. The van der Waals surface area contributed by atoms with Crippen molar-refractivity contribution >= 4 is 38.9 Å². The number of nitrogens with one attached hydrogen (secondary N) is 1. The van der Waals surface area contributed by atoms with Crippen molar-refractivity contribution in [2.45, 2.75) is 12.6 Å². The lowest BCUT2D eigenvalue weighted by molar-refractivity contribution is -0.385. The van der Waals surface area contributed by atoms with Gasteiger partial charge in [-0.05, 0) is 34.1 Å². The van der Waals surface area contributed by atoms with Crippen molar-refractivity contribution in [3.05, 3.63) is 50.2 Å². The molecular formula is C12H12BrClN4O3. The van der Waals surface area contributed by atoms with E-state index in [0.717, 1.165) is 16.4 Å². The normalized spacial score (nSPS) is 12.1. The highest BCUT2D eigenvalue weighted by Gasteiger charge is 2.12. The van der Waals surface area contributed by atoms with Crippen molar-refractivity contribution in [2.75, 3.05) is 11.9 Å². The minimum atomic E-state index is -0.737. The number of aliphatic hydroxyl groups is 1. The summed E-state index contributed by atoms with van der Waals surface area (Å²) >= 11 is 9.20. The molecule has 0 saturated carbocycles. The Morgan fingerprint density at radius 1 is 1.57 bits per heavy atom. The highest BCUT2D eigenvalue weighted by Crippen LogP contribution is 2.25. The average molecular weight is 376 g/mol. The van der Waals surface area contributed by atoms with E-state index in [1.165, 1.54) is 10.9 Å². The highest BCUT2D eigenvalue weighted by atomic mass is 79.9. The van der Waals surface area contributed by atoms with Crippen LogP contribution in [0.1, 0.15) is 0 Å². The molecule has 0 radical (unpaired) electrons. The summed E-state index contributed by atoms with van der Waals surface area (Å²) < 4.78 is 2.09. The molecule has 2 N–H and O–H groups in total. The molecule has 1 aromatic carbocycles. The lowest BCUT2D eigenvalue weighted by atomic mass is 10.3. The second-order valence-corrected chi connectivity index (χ2v) is 5.60. The highest BCUT2D eigenvalue weighted by molar-refractivity contribution is 9.10. The van der Waals surface area contributed by atoms with Gasteiger partial charge in [0.05, 0.1) is 22.6 Å². The molecule has 21 heavy (non-hydrogen) atoms. The number of benzene rings is 1. The van der Waals surface area contributed by atoms with Crippen molar-refractivity contribution in [3.63, 3.8) is 0 Å². The van der Waals surface area contributed by atoms with E-state index in [4.69, 9.17) is 11.6 Å². The van der Waals surface area contributed by atoms with Crippen molar-refractivity contribution in [1.82, 2.24) is 9.78 Å². The van der Waals surface area contributed by atoms with Gasteiger partial charge >= 0.3 is 5.69 Å². The SMILES string of the molecule is O=[N+]([O-])c1cnn(CC(O)CNc2ccc(Cl)c(Br)c2)c1. The standard InChI is InChI=1S/C12H12BrClN4O3/c13-11-3-8(1-2-12(11)14)15-5-10(19)7-17-6-9(4-16-17)18(20)21/h1-4,6,10,15,19H,5,7H2. The molecule has 0 aliphatic rings. The van der Waals surface area contributed by atoms with Gasteiger partial charge in [-0.2, -0.15) is 5.10 Å². The topological polar surface area (TPSA) is 93.2 Å². The molecule has 0 amide bonds. The third-order valence-electron chi connectivity index (χ3n) is 2.69. The Morgan fingerprint density at radius 3 is 2.95 bits per heavy atom. The van der Waals surface area contributed by atoms with Gasteiger partial charge in [-0.25, -0.2) is 0 Å². The zero-order valence-electron chi connectivity index (χ0n) is 10.7. The lowest BCUT2D eigenvalue weighted by Crippen LogP contribution is -2.25. The fraction of sp³-hybridized carbons (Fsp3) is 0.250. The molecule has 9 heteroatoms. The second kappa shape index (κ2) is 6.88. The first-order chi connectivity index (χ1) is 9.95. The quantitative estimate of drug-likeness (QED) is 0.598. The first-order valence-corrected chi connectivity index (χ1v) is 7.16. The van der Waals surface area contributed by atoms with E-state index in [-0.39, 0.29) is 18.8 Å². The Hall–Kier alpha value is -1.64. The van der Waals surface area contributed by atoms with Gasteiger partial charge in [0.15, 0.2) is 0 Å². The Morgan fingerprint density at radius 2 is 2.33 bits per heavy atom. The maximum Gasteiger partial charge on any atom is 0.306 e. The van der Waals surface area contributed by atoms with E-state index in [0.29, 0.717) is 5.02 Å². The van der Waals surface area contributed by atoms with Crippen LogP contribution in [0.5, 0.6) is 0 Å². The molecule has 1 heterocycles. The van der Waals surface area contributed by atoms with E-state index in [1.807, 2.05) is 0 Å². The molecule has 1 aromatic heterocycles. The van der Waals surface area contributed by atoms with Crippen LogP contribution < -0.4 is 5.32 Å². The lowest BCUT2D eigenvalue weighted by Gasteiger charge is -2.13. The summed E-state index contributed by atoms with van der Waals surface area (Å²) in [6, 6.07) is 5.32. The average Bonchev–Trinajstić information content (AvgIpc) is 2.89. The molecule has 0 aliphatic carbocycles. The van der Waals surface area contributed by atoms with Gasteiger partial charge in [0.25, 0.3) is 0 Å². The van der Waals surface area contributed by atoms with Gasteiger partial charge in [-0.3, -0.25) is 14.8 Å². The second-order valence-electron chi connectivity index (χ2n) is 4.34. The van der Waals surface area contributed by atoms with Gasteiger partial charge in [0.1, 0.15) is 12.4 Å². The van der Waals surface area contributed by atoms with Crippen LogP contribution in [0, 0.1) is 10.1 Å². The molecular weight excluding hydrogens is 364 g/mol. The summed E-state index contributed by atoms with van der Waals surface area (Å²) in [5, 5.41) is 27.9. The van der Waals surface area contributed by atoms with Crippen LogP contribution in [-0.2, 0) is 6.54 Å². The first kappa shape index (κ1) is 15.7. The van der Waals surface area contributed by atoms with Crippen molar-refractivity contribution in [3.8, 4) is 0 Å².